The number of carbonyl (C=O) groups is 1. The predicted molar refractivity (Wildman–Crippen MR) is 95.0 cm³/mol. The summed E-state index contributed by atoms with van der Waals surface area (Å²) in [4.78, 5) is 12.2. The van der Waals surface area contributed by atoms with Crippen LogP contribution in [0.5, 0.6) is 5.75 Å². The van der Waals surface area contributed by atoms with E-state index in [1.54, 1.807) is 13.8 Å². The van der Waals surface area contributed by atoms with Crippen molar-refractivity contribution in [3.05, 3.63) is 53.8 Å². The van der Waals surface area contributed by atoms with Crippen LogP contribution in [-0.4, -0.2) is 26.7 Å². The molecule has 0 aliphatic rings. The van der Waals surface area contributed by atoms with Crippen molar-refractivity contribution in [3.8, 4) is 5.75 Å². The number of amides is 1. The van der Waals surface area contributed by atoms with E-state index in [-0.39, 0.29) is 11.4 Å². The molecule has 0 aliphatic heterocycles. The van der Waals surface area contributed by atoms with Crippen molar-refractivity contribution in [2.75, 3.05) is 17.1 Å². The standard InChI is InChI=1S/C17H19FN2O4S/c1-11(2)25(22,23)20-13-6-4-12(5-7-13)17(21)19-14-8-9-16(24-3)15(18)10-14/h4-11,20H,1-3H3,(H,19,21). The largest absolute Gasteiger partial charge is 0.494 e. The fourth-order valence-corrected chi connectivity index (χ4v) is 2.62. The van der Waals surface area contributed by atoms with Crippen molar-refractivity contribution in [3.63, 3.8) is 0 Å². The smallest absolute Gasteiger partial charge is 0.255 e. The second-order valence-electron chi connectivity index (χ2n) is 5.58. The Labute approximate surface area is 146 Å². The Hall–Kier alpha value is -2.61. The van der Waals surface area contributed by atoms with E-state index < -0.39 is 27.0 Å². The van der Waals surface area contributed by atoms with Crippen molar-refractivity contribution >= 4 is 27.3 Å². The minimum absolute atomic E-state index is 0.0831. The molecule has 0 unspecified atom stereocenters. The van der Waals surface area contributed by atoms with Gasteiger partial charge in [-0.15, -0.1) is 0 Å². The fraction of sp³-hybridized carbons (Fsp3) is 0.235. The molecule has 8 heteroatoms. The first kappa shape index (κ1) is 18.7. The van der Waals surface area contributed by atoms with Gasteiger partial charge in [-0.3, -0.25) is 9.52 Å². The van der Waals surface area contributed by atoms with Crippen LogP contribution < -0.4 is 14.8 Å². The summed E-state index contributed by atoms with van der Waals surface area (Å²) < 4.78 is 44.5. The van der Waals surface area contributed by atoms with Gasteiger partial charge in [-0.05, 0) is 50.2 Å². The summed E-state index contributed by atoms with van der Waals surface area (Å²) in [5, 5.41) is 1.99. The lowest BCUT2D eigenvalue weighted by atomic mass is 10.2. The number of halogens is 1. The number of rotatable bonds is 6. The lowest BCUT2D eigenvalue weighted by molar-refractivity contribution is 0.102. The highest BCUT2D eigenvalue weighted by atomic mass is 32.2. The molecule has 134 valence electrons. The van der Waals surface area contributed by atoms with Gasteiger partial charge >= 0.3 is 0 Å². The average molecular weight is 366 g/mol. The molecule has 2 N–H and O–H groups in total. The van der Waals surface area contributed by atoms with Crippen molar-refractivity contribution in [2.24, 2.45) is 0 Å². The van der Waals surface area contributed by atoms with E-state index in [9.17, 15) is 17.6 Å². The number of sulfonamides is 1. The van der Waals surface area contributed by atoms with E-state index in [0.29, 0.717) is 11.3 Å². The van der Waals surface area contributed by atoms with Crippen LogP contribution >= 0.6 is 0 Å². The number of nitrogens with one attached hydrogen (secondary N) is 2. The second-order valence-corrected chi connectivity index (χ2v) is 7.81. The van der Waals surface area contributed by atoms with Gasteiger partial charge in [-0.2, -0.15) is 0 Å². The maximum Gasteiger partial charge on any atom is 0.255 e. The Morgan fingerprint density at radius 3 is 2.20 bits per heavy atom. The molecule has 0 saturated heterocycles. The van der Waals surface area contributed by atoms with E-state index in [0.717, 1.165) is 6.07 Å². The first-order chi connectivity index (χ1) is 11.7. The van der Waals surface area contributed by atoms with E-state index in [1.165, 1.54) is 43.5 Å². The van der Waals surface area contributed by atoms with Gasteiger partial charge in [0.2, 0.25) is 10.0 Å². The van der Waals surface area contributed by atoms with E-state index in [1.807, 2.05) is 0 Å². The molecule has 2 aromatic rings. The fourth-order valence-electron chi connectivity index (χ4n) is 1.92. The minimum Gasteiger partial charge on any atom is -0.494 e. The van der Waals surface area contributed by atoms with Crippen molar-refractivity contribution < 1.29 is 22.3 Å². The first-order valence-electron chi connectivity index (χ1n) is 7.49. The highest BCUT2D eigenvalue weighted by molar-refractivity contribution is 7.93. The van der Waals surface area contributed by atoms with Crippen LogP contribution in [0.25, 0.3) is 0 Å². The van der Waals surface area contributed by atoms with Gasteiger partial charge in [0.25, 0.3) is 5.91 Å². The molecule has 6 nitrogen and oxygen atoms in total. The molecule has 0 aliphatic carbocycles. The second kappa shape index (κ2) is 7.52. The van der Waals surface area contributed by atoms with Gasteiger partial charge in [0.05, 0.1) is 12.4 Å². The summed E-state index contributed by atoms with van der Waals surface area (Å²) in [5.74, 6) is -0.943. The van der Waals surface area contributed by atoms with Crippen LogP contribution in [0.4, 0.5) is 15.8 Å². The minimum atomic E-state index is -3.45. The van der Waals surface area contributed by atoms with Gasteiger partial charge in [-0.25, -0.2) is 12.8 Å². The Bertz CT molecular complexity index is 865. The molecule has 25 heavy (non-hydrogen) atoms. The van der Waals surface area contributed by atoms with E-state index in [4.69, 9.17) is 4.74 Å². The lowest BCUT2D eigenvalue weighted by Crippen LogP contribution is -2.22. The molecule has 0 atom stereocenters. The molecule has 0 fully saturated rings. The Morgan fingerprint density at radius 2 is 1.68 bits per heavy atom. The van der Waals surface area contributed by atoms with E-state index >= 15 is 0 Å². The Balaban J connectivity index is 2.09. The Morgan fingerprint density at radius 1 is 1.08 bits per heavy atom. The number of hydrogen-bond donors (Lipinski definition) is 2. The number of hydrogen-bond acceptors (Lipinski definition) is 4. The molecule has 0 heterocycles. The van der Waals surface area contributed by atoms with E-state index in [2.05, 4.69) is 10.0 Å². The highest BCUT2D eigenvalue weighted by Crippen LogP contribution is 2.21. The maximum atomic E-state index is 13.6. The van der Waals surface area contributed by atoms with Crippen molar-refractivity contribution in [1.82, 2.24) is 0 Å². The first-order valence-corrected chi connectivity index (χ1v) is 9.04. The van der Waals surface area contributed by atoms with Crippen LogP contribution in [0.1, 0.15) is 24.2 Å². The quantitative estimate of drug-likeness (QED) is 0.822. The lowest BCUT2D eigenvalue weighted by Gasteiger charge is -2.11. The molecular formula is C17H19FN2O4S. The number of methoxy groups -OCH3 is 1. The number of carbonyl (C=O) groups excluding carboxylic acids is 1. The molecule has 0 saturated carbocycles. The van der Waals surface area contributed by atoms with Crippen LogP contribution in [0.2, 0.25) is 0 Å². The zero-order valence-electron chi connectivity index (χ0n) is 14.0. The third-order valence-corrected chi connectivity index (χ3v) is 5.20. The van der Waals surface area contributed by atoms with Gasteiger partial charge < -0.3 is 10.1 Å². The highest BCUT2D eigenvalue weighted by Gasteiger charge is 2.16. The number of anilines is 2. The summed E-state index contributed by atoms with van der Waals surface area (Å²) in [6.07, 6.45) is 0. The topological polar surface area (TPSA) is 84.5 Å². The van der Waals surface area contributed by atoms with Gasteiger partial charge in [0.15, 0.2) is 11.6 Å². The van der Waals surface area contributed by atoms with Gasteiger partial charge in [0, 0.05) is 23.0 Å². The molecule has 0 bridgehead atoms. The summed E-state index contributed by atoms with van der Waals surface area (Å²) in [5.41, 5.74) is 0.956. The summed E-state index contributed by atoms with van der Waals surface area (Å²) >= 11 is 0. The monoisotopic (exact) mass is 366 g/mol. The third kappa shape index (κ3) is 4.69. The van der Waals surface area contributed by atoms with Crippen LogP contribution in [0, 0.1) is 5.82 Å². The molecule has 0 radical (unpaired) electrons. The molecule has 2 rings (SSSR count). The normalized spacial score (nSPS) is 11.2. The number of benzene rings is 2. The average Bonchev–Trinajstić information content (AvgIpc) is 2.55. The molecule has 2 aromatic carbocycles. The van der Waals surface area contributed by atoms with Gasteiger partial charge in [0.1, 0.15) is 0 Å². The van der Waals surface area contributed by atoms with Crippen LogP contribution in [0.15, 0.2) is 42.5 Å². The molecular weight excluding hydrogens is 347 g/mol. The van der Waals surface area contributed by atoms with Gasteiger partial charge in [-0.1, -0.05) is 0 Å². The molecule has 0 aromatic heterocycles. The summed E-state index contributed by atoms with van der Waals surface area (Å²) in [6, 6.07) is 10.0. The maximum absolute atomic E-state index is 13.6. The molecule has 0 spiro atoms. The van der Waals surface area contributed by atoms with Crippen molar-refractivity contribution in [2.45, 2.75) is 19.1 Å². The van der Waals surface area contributed by atoms with Crippen LogP contribution in [0.3, 0.4) is 0 Å². The number of ether oxygens (including phenoxy) is 1. The summed E-state index contributed by atoms with van der Waals surface area (Å²) in [6.45, 7) is 3.14. The van der Waals surface area contributed by atoms with Crippen LogP contribution in [-0.2, 0) is 10.0 Å². The third-order valence-electron chi connectivity index (χ3n) is 3.44. The van der Waals surface area contributed by atoms with Crippen molar-refractivity contribution in [1.29, 1.82) is 0 Å². The zero-order valence-corrected chi connectivity index (χ0v) is 14.9. The zero-order chi connectivity index (χ0) is 18.6. The SMILES string of the molecule is COc1ccc(NC(=O)c2ccc(NS(=O)(=O)C(C)C)cc2)cc1F. The predicted octanol–water partition coefficient (Wildman–Crippen LogP) is 3.24. The summed E-state index contributed by atoms with van der Waals surface area (Å²) in [7, 11) is -2.10. The Kier molecular flexibility index (Phi) is 5.63. The molecule has 1 amide bonds.